The molecular formula is C12H15ClFNO2S. The van der Waals surface area contributed by atoms with Crippen LogP contribution < -0.4 is 4.90 Å². The molecule has 18 heavy (non-hydrogen) atoms. The van der Waals surface area contributed by atoms with Crippen LogP contribution in [0.2, 0.25) is 0 Å². The van der Waals surface area contributed by atoms with E-state index < -0.39 is 9.84 Å². The molecule has 0 unspecified atom stereocenters. The molecule has 0 aromatic heterocycles. The number of hydrogen-bond acceptors (Lipinski definition) is 3. The number of benzene rings is 1. The topological polar surface area (TPSA) is 37.4 Å². The molecule has 0 amide bonds. The van der Waals surface area contributed by atoms with Crippen molar-refractivity contribution in [1.82, 2.24) is 0 Å². The van der Waals surface area contributed by atoms with Crippen molar-refractivity contribution in [3.63, 3.8) is 0 Å². The van der Waals surface area contributed by atoms with E-state index >= 15 is 0 Å². The molecule has 6 heteroatoms. The average Bonchev–Trinajstić information content (AvgIpc) is 2.50. The highest BCUT2D eigenvalue weighted by Gasteiger charge is 2.21. The molecule has 0 saturated carbocycles. The maximum absolute atomic E-state index is 13.9. The second-order valence-corrected chi connectivity index (χ2v) is 6.98. The third kappa shape index (κ3) is 3.14. The lowest BCUT2D eigenvalue weighted by Crippen LogP contribution is -2.27. The summed E-state index contributed by atoms with van der Waals surface area (Å²) in [5.41, 5.74) is 1.18. The van der Waals surface area contributed by atoms with Crippen molar-refractivity contribution in [2.45, 2.75) is 12.3 Å². The summed E-state index contributed by atoms with van der Waals surface area (Å²) in [7, 11) is -2.97. The van der Waals surface area contributed by atoms with Gasteiger partial charge in [0.1, 0.15) is 5.82 Å². The van der Waals surface area contributed by atoms with Gasteiger partial charge in [0.2, 0.25) is 0 Å². The molecule has 1 saturated heterocycles. The Morgan fingerprint density at radius 3 is 2.72 bits per heavy atom. The van der Waals surface area contributed by atoms with Gasteiger partial charge in [-0.1, -0.05) is 6.07 Å². The van der Waals surface area contributed by atoms with E-state index in [1.165, 1.54) is 6.07 Å². The molecule has 0 spiro atoms. The van der Waals surface area contributed by atoms with Gasteiger partial charge in [-0.15, -0.1) is 11.6 Å². The van der Waals surface area contributed by atoms with Crippen LogP contribution in [0.1, 0.15) is 12.0 Å². The molecule has 1 aliphatic rings. The zero-order valence-corrected chi connectivity index (χ0v) is 11.5. The van der Waals surface area contributed by atoms with Gasteiger partial charge in [0.15, 0.2) is 9.84 Å². The number of hydrogen-bond donors (Lipinski definition) is 0. The Hall–Kier alpha value is -0.810. The molecule has 1 fully saturated rings. The predicted molar refractivity (Wildman–Crippen MR) is 71.4 cm³/mol. The van der Waals surface area contributed by atoms with Gasteiger partial charge in [-0.2, -0.15) is 0 Å². The van der Waals surface area contributed by atoms with E-state index in [0.717, 1.165) is 5.56 Å². The highest BCUT2D eigenvalue weighted by atomic mass is 35.5. The van der Waals surface area contributed by atoms with Crippen LogP contribution >= 0.6 is 11.6 Å². The smallest absolute Gasteiger partial charge is 0.152 e. The summed E-state index contributed by atoms with van der Waals surface area (Å²) >= 11 is 5.64. The summed E-state index contributed by atoms with van der Waals surface area (Å²) in [5.74, 6) is 0.201. The van der Waals surface area contributed by atoms with Crippen molar-refractivity contribution >= 4 is 27.1 Å². The number of alkyl halides is 1. The van der Waals surface area contributed by atoms with Crippen LogP contribution in [-0.4, -0.2) is 33.0 Å². The molecule has 1 heterocycles. The lowest BCUT2D eigenvalue weighted by molar-refractivity contribution is 0.596. The van der Waals surface area contributed by atoms with Crippen LogP contribution in [0, 0.1) is 5.82 Å². The van der Waals surface area contributed by atoms with Crippen LogP contribution in [0.25, 0.3) is 0 Å². The van der Waals surface area contributed by atoms with Gasteiger partial charge in [0, 0.05) is 19.0 Å². The fourth-order valence-corrected chi connectivity index (χ4v) is 3.51. The Labute approximate surface area is 111 Å². The fourth-order valence-electron chi connectivity index (χ4n) is 2.07. The lowest BCUT2D eigenvalue weighted by Gasteiger charge is -2.22. The average molecular weight is 292 g/mol. The highest BCUT2D eigenvalue weighted by Crippen LogP contribution is 2.23. The van der Waals surface area contributed by atoms with E-state index in [9.17, 15) is 12.8 Å². The van der Waals surface area contributed by atoms with Gasteiger partial charge in [-0.3, -0.25) is 0 Å². The van der Waals surface area contributed by atoms with Crippen LogP contribution in [0.15, 0.2) is 18.2 Å². The van der Waals surface area contributed by atoms with E-state index in [4.69, 9.17) is 11.6 Å². The van der Waals surface area contributed by atoms with Gasteiger partial charge < -0.3 is 4.90 Å². The summed E-state index contributed by atoms with van der Waals surface area (Å²) in [6, 6.07) is 4.84. The first-order valence-corrected chi connectivity index (χ1v) is 8.17. The molecule has 3 nitrogen and oxygen atoms in total. The summed E-state index contributed by atoms with van der Waals surface area (Å²) in [6.45, 7) is 0.913. The van der Waals surface area contributed by atoms with Crippen LogP contribution in [-0.2, 0) is 15.7 Å². The molecule has 0 bridgehead atoms. The minimum atomic E-state index is -2.97. The molecule has 0 atom stereocenters. The first-order valence-electron chi connectivity index (χ1n) is 5.81. The number of rotatable bonds is 2. The van der Waals surface area contributed by atoms with Crippen LogP contribution in [0.5, 0.6) is 0 Å². The largest absolute Gasteiger partial charge is 0.368 e. The summed E-state index contributed by atoms with van der Waals surface area (Å²) < 4.78 is 36.9. The molecule has 1 aliphatic heterocycles. The Morgan fingerprint density at radius 1 is 1.28 bits per heavy atom. The first-order chi connectivity index (χ1) is 8.52. The Bertz CT molecular complexity index is 533. The summed E-state index contributed by atoms with van der Waals surface area (Å²) in [4.78, 5) is 1.79. The van der Waals surface area contributed by atoms with E-state index in [-0.39, 0.29) is 23.2 Å². The van der Waals surface area contributed by atoms with Crippen LogP contribution in [0.3, 0.4) is 0 Å². The second kappa shape index (κ2) is 5.45. The molecule has 100 valence electrons. The molecule has 1 aromatic carbocycles. The Kier molecular flexibility index (Phi) is 4.12. The van der Waals surface area contributed by atoms with Gasteiger partial charge in [-0.25, -0.2) is 12.8 Å². The Balaban J connectivity index is 2.21. The van der Waals surface area contributed by atoms with Gasteiger partial charge in [0.05, 0.1) is 17.2 Å². The minimum absolute atomic E-state index is 0.0870. The number of nitrogens with zero attached hydrogens (tertiary/aromatic N) is 1. The quantitative estimate of drug-likeness (QED) is 0.784. The van der Waals surface area contributed by atoms with Crippen molar-refractivity contribution in [2.75, 3.05) is 29.5 Å². The standard InChI is InChI=1S/C12H15ClFNO2S/c13-9-10-2-3-12(11(14)8-10)15-4-1-6-18(16,17)7-5-15/h2-3,8H,1,4-7,9H2. The highest BCUT2D eigenvalue weighted by molar-refractivity contribution is 7.91. The molecule has 0 aliphatic carbocycles. The van der Waals surface area contributed by atoms with Crippen molar-refractivity contribution < 1.29 is 12.8 Å². The van der Waals surface area contributed by atoms with Crippen molar-refractivity contribution in [1.29, 1.82) is 0 Å². The first kappa shape index (κ1) is 13.6. The molecule has 2 rings (SSSR count). The number of sulfone groups is 1. The summed E-state index contributed by atoms with van der Waals surface area (Å²) in [6.07, 6.45) is 0.541. The van der Waals surface area contributed by atoms with Crippen LogP contribution in [0.4, 0.5) is 10.1 Å². The zero-order valence-electron chi connectivity index (χ0n) is 9.90. The predicted octanol–water partition coefficient (Wildman–Crippen LogP) is 2.19. The zero-order chi connectivity index (χ0) is 13.2. The third-order valence-electron chi connectivity index (χ3n) is 3.06. The fraction of sp³-hybridized carbons (Fsp3) is 0.500. The molecular weight excluding hydrogens is 277 g/mol. The van der Waals surface area contributed by atoms with E-state index in [1.807, 2.05) is 0 Å². The molecule has 0 radical (unpaired) electrons. The van der Waals surface area contributed by atoms with Gasteiger partial charge in [-0.05, 0) is 24.1 Å². The maximum Gasteiger partial charge on any atom is 0.152 e. The lowest BCUT2D eigenvalue weighted by atomic mass is 10.2. The van der Waals surface area contributed by atoms with Gasteiger partial charge in [0.25, 0.3) is 0 Å². The normalized spacial score (nSPS) is 19.6. The molecule has 1 aromatic rings. The number of anilines is 1. The monoisotopic (exact) mass is 291 g/mol. The van der Waals surface area contributed by atoms with Crippen molar-refractivity contribution in [3.8, 4) is 0 Å². The summed E-state index contributed by atoms with van der Waals surface area (Å²) in [5, 5.41) is 0. The van der Waals surface area contributed by atoms with E-state index in [2.05, 4.69) is 0 Å². The van der Waals surface area contributed by atoms with E-state index in [1.54, 1.807) is 17.0 Å². The maximum atomic E-state index is 13.9. The minimum Gasteiger partial charge on any atom is -0.368 e. The number of halogens is 2. The van der Waals surface area contributed by atoms with Crippen molar-refractivity contribution in [2.24, 2.45) is 0 Å². The van der Waals surface area contributed by atoms with Gasteiger partial charge >= 0.3 is 0 Å². The molecule has 0 N–H and O–H groups in total. The second-order valence-electron chi connectivity index (χ2n) is 4.41. The SMILES string of the molecule is O=S1(=O)CCCN(c2ccc(CCl)cc2F)CC1. The van der Waals surface area contributed by atoms with Crippen molar-refractivity contribution in [3.05, 3.63) is 29.6 Å². The Morgan fingerprint density at radius 2 is 2.06 bits per heavy atom. The third-order valence-corrected chi connectivity index (χ3v) is 5.09. The van der Waals surface area contributed by atoms with E-state index in [0.29, 0.717) is 25.2 Å².